The predicted octanol–water partition coefficient (Wildman–Crippen LogP) is 3.29. The molecule has 0 aliphatic heterocycles. The molecular weight excluding hydrogens is 321 g/mol. The molecule has 0 aliphatic carbocycles. The zero-order valence-corrected chi connectivity index (χ0v) is 14.0. The third-order valence-corrected chi connectivity index (χ3v) is 3.87. The van der Waals surface area contributed by atoms with Crippen LogP contribution in [0.15, 0.2) is 61.1 Å². The average Bonchev–Trinajstić information content (AvgIpc) is 3.11. The van der Waals surface area contributed by atoms with Crippen LogP contribution in [0.4, 0.5) is 4.39 Å². The summed E-state index contributed by atoms with van der Waals surface area (Å²) in [5, 5.41) is 0. The van der Waals surface area contributed by atoms with Crippen molar-refractivity contribution in [1.82, 2.24) is 14.5 Å². The normalized spacial score (nSPS) is 10.5. The summed E-state index contributed by atoms with van der Waals surface area (Å²) in [5.41, 5.74) is 1.98. The fourth-order valence-corrected chi connectivity index (χ4v) is 2.60. The van der Waals surface area contributed by atoms with Crippen LogP contribution in [0.5, 0.6) is 5.75 Å². The van der Waals surface area contributed by atoms with Crippen molar-refractivity contribution in [2.24, 2.45) is 0 Å². The van der Waals surface area contributed by atoms with Gasteiger partial charge in [-0.05, 0) is 29.8 Å². The van der Waals surface area contributed by atoms with Crippen LogP contribution in [0.25, 0.3) is 5.69 Å². The Morgan fingerprint density at radius 2 is 2.00 bits per heavy atom. The maximum Gasteiger partial charge on any atom is 0.272 e. The molecule has 0 saturated heterocycles. The highest BCUT2D eigenvalue weighted by Gasteiger charge is 2.18. The first-order valence-electron chi connectivity index (χ1n) is 7.76. The molecule has 1 amide bonds. The standard InChI is InChI=1S/C19H18FN3O2/c1-22(12-14-8-9-18(25-2)16(20)10-14)19(24)17-11-21-13-23(17)15-6-4-3-5-7-15/h3-11,13H,12H2,1-2H3. The van der Waals surface area contributed by atoms with Gasteiger partial charge in [0.2, 0.25) is 0 Å². The van der Waals surface area contributed by atoms with Gasteiger partial charge in [0.05, 0.1) is 19.6 Å². The van der Waals surface area contributed by atoms with E-state index in [1.807, 2.05) is 30.3 Å². The van der Waals surface area contributed by atoms with Crippen molar-refractivity contribution in [3.05, 3.63) is 78.1 Å². The molecule has 0 aliphatic rings. The summed E-state index contributed by atoms with van der Waals surface area (Å²) in [4.78, 5) is 18.4. The van der Waals surface area contributed by atoms with Crippen LogP contribution in [0, 0.1) is 5.82 Å². The molecule has 1 aromatic heterocycles. The molecule has 6 heteroatoms. The highest BCUT2D eigenvalue weighted by atomic mass is 19.1. The first kappa shape index (κ1) is 16.7. The van der Waals surface area contributed by atoms with E-state index in [0.717, 1.165) is 5.69 Å². The number of para-hydroxylation sites is 1. The van der Waals surface area contributed by atoms with E-state index < -0.39 is 5.82 Å². The monoisotopic (exact) mass is 339 g/mol. The lowest BCUT2D eigenvalue weighted by Gasteiger charge is -2.18. The Bertz CT molecular complexity index is 877. The van der Waals surface area contributed by atoms with Crippen LogP contribution in [0.2, 0.25) is 0 Å². The third kappa shape index (κ3) is 3.52. The van der Waals surface area contributed by atoms with Gasteiger partial charge < -0.3 is 9.64 Å². The summed E-state index contributed by atoms with van der Waals surface area (Å²) < 4.78 is 20.5. The van der Waals surface area contributed by atoms with Crippen LogP contribution in [-0.2, 0) is 6.54 Å². The minimum atomic E-state index is -0.449. The number of rotatable bonds is 5. The number of hydrogen-bond donors (Lipinski definition) is 0. The third-order valence-electron chi connectivity index (χ3n) is 3.87. The van der Waals surface area contributed by atoms with E-state index in [1.165, 1.54) is 24.3 Å². The molecule has 5 nitrogen and oxygen atoms in total. The Kier molecular flexibility index (Phi) is 4.79. The molecule has 0 bridgehead atoms. The van der Waals surface area contributed by atoms with E-state index in [9.17, 15) is 9.18 Å². The number of halogens is 1. The summed E-state index contributed by atoms with van der Waals surface area (Å²) in [6, 6.07) is 14.2. The Labute approximate surface area is 145 Å². The molecule has 0 fully saturated rings. The molecule has 1 heterocycles. The van der Waals surface area contributed by atoms with Gasteiger partial charge >= 0.3 is 0 Å². The minimum Gasteiger partial charge on any atom is -0.494 e. The van der Waals surface area contributed by atoms with Crippen LogP contribution < -0.4 is 4.74 Å². The predicted molar refractivity (Wildman–Crippen MR) is 92.3 cm³/mol. The van der Waals surface area contributed by atoms with Crippen LogP contribution >= 0.6 is 0 Å². The second-order valence-corrected chi connectivity index (χ2v) is 5.61. The quantitative estimate of drug-likeness (QED) is 0.717. The van der Waals surface area contributed by atoms with Crippen molar-refractivity contribution in [1.29, 1.82) is 0 Å². The van der Waals surface area contributed by atoms with Crippen molar-refractivity contribution < 1.29 is 13.9 Å². The summed E-state index contributed by atoms with van der Waals surface area (Å²) in [6.45, 7) is 0.277. The highest BCUT2D eigenvalue weighted by molar-refractivity contribution is 5.92. The molecule has 25 heavy (non-hydrogen) atoms. The van der Waals surface area contributed by atoms with Crippen molar-refractivity contribution in [3.63, 3.8) is 0 Å². The number of hydrogen-bond acceptors (Lipinski definition) is 3. The Hall–Kier alpha value is -3.15. The molecule has 2 aromatic carbocycles. The number of benzene rings is 2. The number of amides is 1. The molecule has 3 rings (SSSR count). The number of nitrogens with zero attached hydrogens (tertiary/aromatic N) is 3. The average molecular weight is 339 g/mol. The second kappa shape index (κ2) is 7.17. The van der Waals surface area contributed by atoms with E-state index in [4.69, 9.17) is 4.74 Å². The van der Waals surface area contributed by atoms with Crippen LogP contribution in [0.1, 0.15) is 16.1 Å². The van der Waals surface area contributed by atoms with Gasteiger partial charge in [-0.15, -0.1) is 0 Å². The van der Waals surface area contributed by atoms with Gasteiger partial charge in [0, 0.05) is 19.3 Å². The zero-order valence-electron chi connectivity index (χ0n) is 14.0. The lowest BCUT2D eigenvalue weighted by Crippen LogP contribution is -2.28. The van der Waals surface area contributed by atoms with E-state index >= 15 is 0 Å². The molecule has 0 spiro atoms. The van der Waals surface area contributed by atoms with E-state index in [0.29, 0.717) is 11.3 Å². The molecule has 0 radical (unpaired) electrons. The van der Waals surface area contributed by atoms with Gasteiger partial charge in [0.1, 0.15) is 5.69 Å². The van der Waals surface area contributed by atoms with Crippen molar-refractivity contribution in [2.45, 2.75) is 6.54 Å². The number of aromatic nitrogens is 2. The van der Waals surface area contributed by atoms with Gasteiger partial charge in [-0.2, -0.15) is 0 Å². The van der Waals surface area contributed by atoms with Crippen LogP contribution in [-0.4, -0.2) is 34.5 Å². The van der Waals surface area contributed by atoms with Gasteiger partial charge in [-0.1, -0.05) is 24.3 Å². The minimum absolute atomic E-state index is 0.180. The van der Waals surface area contributed by atoms with Crippen molar-refractivity contribution in [3.8, 4) is 11.4 Å². The van der Waals surface area contributed by atoms with Gasteiger partial charge in [0.15, 0.2) is 11.6 Å². The van der Waals surface area contributed by atoms with E-state index in [1.54, 1.807) is 30.1 Å². The topological polar surface area (TPSA) is 47.4 Å². The first-order valence-corrected chi connectivity index (χ1v) is 7.76. The highest BCUT2D eigenvalue weighted by Crippen LogP contribution is 2.19. The number of carbonyl (C=O) groups is 1. The maximum absolute atomic E-state index is 13.8. The Balaban J connectivity index is 1.80. The molecular formula is C19H18FN3O2. The summed E-state index contributed by atoms with van der Waals surface area (Å²) in [7, 11) is 3.09. The first-order chi connectivity index (χ1) is 12.1. The number of imidazole rings is 1. The number of carbonyl (C=O) groups excluding carboxylic acids is 1. The van der Waals surface area contributed by atoms with Crippen molar-refractivity contribution >= 4 is 5.91 Å². The van der Waals surface area contributed by atoms with E-state index in [2.05, 4.69) is 4.98 Å². The number of ether oxygens (including phenoxy) is 1. The molecule has 0 saturated carbocycles. The van der Waals surface area contributed by atoms with Gasteiger partial charge in [0.25, 0.3) is 5.91 Å². The fraction of sp³-hybridized carbons (Fsp3) is 0.158. The fourth-order valence-electron chi connectivity index (χ4n) is 2.60. The maximum atomic E-state index is 13.8. The molecule has 0 unspecified atom stereocenters. The largest absolute Gasteiger partial charge is 0.494 e. The second-order valence-electron chi connectivity index (χ2n) is 5.61. The number of methoxy groups -OCH3 is 1. The molecule has 0 atom stereocenters. The van der Waals surface area contributed by atoms with Gasteiger partial charge in [-0.25, -0.2) is 9.37 Å². The van der Waals surface area contributed by atoms with Crippen LogP contribution in [0.3, 0.4) is 0 Å². The Morgan fingerprint density at radius 1 is 1.24 bits per heavy atom. The van der Waals surface area contributed by atoms with Crippen molar-refractivity contribution in [2.75, 3.05) is 14.2 Å². The van der Waals surface area contributed by atoms with E-state index in [-0.39, 0.29) is 18.2 Å². The lowest BCUT2D eigenvalue weighted by molar-refractivity contribution is 0.0777. The summed E-state index contributed by atoms with van der Waals surface area (Å²) >= 11 is 0. The summed E-state index contributed by atoms with van der Waals surface area (Å²) in [5.74, 6) is -0.465. The zero-order chi connectivity index (χ0) is 17.8. The molecule has 3 aromatic rings. The molecule has 0 N–H and O–H groups in total. The SMILES string of the molecule is COc1ccc(CN(C)C(=O)c2cncn2-c2ccccc2)cc1F. The Morgan fingerprint density at radius 3 is 2.68 bits per heavy atom. The summed E-state index contributed by atoms with van der Waals surface area (Å²) in [6.07, 6.45) is 3.13. The lowest BCUT2D eigenvalue weighted by atomic mass is 10.2. The molecule has 128 valence electrons. The van der Waals surface area contributed by atoms with Gasteiger partial charge in [-0.3, -0.25) is 9.36 Å². The smallest absolute Gasteiger partial charge is 0.272 e.